The van der Waals surface area contributed by atoms with E-state index in [1.165, 1.54) is 19.3 Å². The van der Waals surface area contributed by atoms with Crippen molar-refractivity contribution in [2.75, 3.05) is 26.8 Å². The van der Waals surface area contributed by atoms with E-state index in [1.807, 2.05) is 30.3 Å². The van der Waals surface area contributed by atoms with Crippen molar-refractivity contribution in [1.82, 2.24) is 0 Å². The van der Waals surface area contributed by atoms with Crippen LogP contribution in [0, 0.1) is 5.21 Å². The minimum Gasteiger partial charge on any atom is -0.628 e. The van der Waals surface area contributed by atoms with E-state index in [9.17, 15) is 10.0 Å². The van der Waals surface area contributed by atoms with Crippen LogP contribution < -0.4 is 0 Å². The highest BCUT2D eigenvalue weighted by atomic mass is 16.7. The monoisotopic (exact) mass is 309 g/mol. The molecule has 0 aliphatic heterocycles. The minimum atomic E-state index is -0.770. The van der Waals surface area contributed by atoms with Crippen LogP contribution in [0.2, 0.25) is 0 Å². The van der Waals surface area contributed by atoms with Gasteiger partial charge in [0.25, 0.3) is 0 Å². The number of hydrogen-bond acceptors (Lipinski definition) is 5. The van der Waals surface area contributed by atoms with Crippen molar-refractivity contribution in [3.8, 4) is 0 Å². The molecule has 1 aromatic carbocycles. The Morgan fingerprint density at radius 3 is 2.68 bits per heavy atom. The van der Waals surface area contributed by atoms with Gasteiger partial charge < -0.3 is 24.4 Å². The first-order chi connectivity index (χ1) is 10.5. The van der Waals surface area contributed by atoms with Crippen LogP contribution in [-0.2, 0) is 16.1 Å². The molecule has 0 aromatic heterocycles. The number of carbonyl (C=O) groups is 1. The summed E-state index contributed by atoms with van der Waals surface area (Å²) in [5.41, 5.74) is 0.877. The van der Waals surface area contributed by atoms with Gasteiger partial charge in [0.1, 0.15) is 13.2 Å². The van der Waals surface area contributed by atoms with Crippen LogP contribution >= 0.6 is 0 Å². The van der Waals surface area contributed by atoms with E-state index in [1.54, 1.807) is 0 Å². The number of rotatable bonds is 9. The van der Waals surface area contributed by atoms with Crippen LogP contribution in [0.1, 0.15) is 18.4 Å². The third-order valence-corrected chi connectivity index (χ3v) is 2.93. The van der Waals surface area contributed by atoms with Crippen molar-refractivity contribution in [2.24, 2.45) is 0 Å². The van der Waals surface area contributed by atoms with E-state index in [-0.39, 0.29) is 19.8 Å². The molecule has 1 N–H and O–H groups in total. The molecule has 0 saturated heterocycles. The minimum absolute atomic E-state index is 0.0102. The molecular weight excluding hydrogens is 286 g/mol. The number of ether oxygens (including phenoxy) is 2. The van der Waals surface area contributed by atoms with Crippen LogP contribution in [0.3, 0.4) is 0 Å². The molecule has 22 heavy (non-hydrogen) atoms. The largest absolute Gasteiger partial charge is 0.628 e. The Morgan fingerprint density at radius 2 is 2.00 bits per heavy atom. The fourth-order valence-corrected chi connectivity index (χ4v) is 1.75. The summed E-state index contributed by atoms with van der Waals surface area (Å²) in [4.78, 5) is 11.4. The molecule has 0 bridgehead atoms. The summed E-state index contributed by atoms with van der Waals surface area (Å²) < 4.78 is 9.21. The topological polar surface area (TPSA) is 78.8 Å². The first-order valence-electron chi connectivity index (χ1n) is 7.22. The van der Waals surface area contributed by atoms with Gasteiger partial charge in [0.05, 0.1) is 19.8 Å². The van der Waals surface area contributed by atoms with Crippen LogP contribution in [0.5, 0.6) is 0 Å². The molecule has 0 aliphatic carbocycles. The summed E-state index contributed by atoms with van der Waals surface area (Å²) in [6, 6.07) is 9.29. The molecular formula is C16H23NO5. The number of hydrogen-bond donors (Lipinski definition) is 1. The Kier molecular flexibility index (Phi) is 8.21. The lowest BCUT2D eigenvalue weighted by atomic mass is 10.2. The zero-order chi connectivity index (χ0) is 16.3. The molecule has 1 unspecified atom stereocenters. The summed E-state index contributed by atoms with van der Waals surface area (Å²) in [7, 11) is 1.50. The van der Waals surface area contributed by atoms with Crippen molar-refractivity contribution in [2.45, 2.75) is 19.4 Å². The third-order valence-electron chi connectivity index (χ3n) is 2.93. The molecule has 0 fully saturated rings. The molecule has 1 aromatic rings. The Bertz CT molecular complexity index is 459. The molecule has 0 radical (unpaired) electrons. The van der Waals surface area contributed by atoms with Gasteiger partial charge in [-0.15, -0.1) is 0 Å². The summed E-state index contributed by atoms with van der Waals surface area (Å²) in [6.45, 7) is 0.596. The molecule has 0 spiro atoms. The van der Waals surface area contributed by atoms with Gasteiger partial charge in [0.2, 0.25) is 0 Å². The zero-order valence-electron chi connectivity index (χ0n) is 12.8. The normalized spacial score (nSPS) is 13.8. The number of nitrogens with zero attached hydrogens (tertiary/aromatic N) is 1. The number of hydroxylamine groups is 3. The maximum Gasteiger partial charge on any atom is 0.508 e. The van der Waals surface area contributed by atoms with Crippen molar-refractivity contribution in [3.63, 3.8) is 0 Å². The van der Waals surface area contributed by atoms with Crippen molar-refractivity contribution in [3.05, 3.63) is 53.4 Å². The highest BCUT2D eigenvalue weighted by molar-refractivity contribution is 5.60. The Hall–Kier alpha value is -1.89. The predicted molar refractivity (Wildman–Crippen MR) is 82.5 cm³/mol. The van der Waals surface area contributed by atoms with Gasteiger partial charge in [-0.25, -0.2) is 4.79 Å². The van der Waals surface area contributed by atoms with Crippen LogP contribution in [0.4, 0.5) is 4.79 Å². The SMILES string of the molecule is C[N+]([O-])(/C=C/COC(=O)OCc1ccccc1)CCCCO. The van der Waals surface area contributed by atoms with Crippen molar-refractivity contribution in [1.29, 1.82) is 0 Å². The van der Waals surface area contributed by atoms with E-state index in [4.69, 9.17) is 14.6 Å². The molecule has 1 rings (SSSR count). The second-order valence-electron chi connectivity index (χ2n) is 5.05. The molecule has 0 heterocycles. The van der Waals surface area contributed by atoms with E-state index < -0.39 is 10.8 Å². The quantitative estimate of drug-likeness (QED) is 0.328. The van der Waals surface area contributed by atoms with E-state index >= 15 is 0 Å². The number of carbonyl (C=O) groups excluding carboxylic acids is 1. The van der Waals surface area contributed by atoms with Gasteiger partial charge >= 0.3 is 6.16 Å². The number of quaternary nitrogens is 1. The van der Waals surface area contributed by atoms with Gasteiger partial charge in [0.15, 0.2) is 0 Å². The molecule has 6 nitrogen and oxygen atoms in total. The summed E-state index contributed by atoms with van der Waals surface area (Å²) in [6.07, 6.45) is 3.39. The van der Waals surface area contributed by atoms with Gasteiger partial charge in [-0.05, 0) is 18.4 Å². The van der Waals surface area contributed by atoms with E-state index in [0.717, 1.165) is 5.56 Å². The smallest absolute Gasteiger partial charge is 0.508 e. The first kappa shape index (κ1) is 18.2. The highest BCUT2D eigenvalue weighted by Gasteiger charge is 2.06. The maximum absolute atomic E-state index is 11.9. The molecule has 0 aliphatic rings. The highest BCUT2D eigenvalue weighted by Crippen LogP contribution is 2.05. The fraction of sp³-hybridized carbons (Fsp3) is 0.438. The molecule has 122 valence electrons. The second kappa shape index (κ2) is 9.94. The number of unbranched alkanes of at least 4 members (excludes halogenated alkanes) is 1. The fourth-order valence-electron chi connectivity index (χ4n) is 1.75. The zero-order valence-corrected chi connectivity index (χ0v) is 12.8. The lowest BCUT2D eigenvalue weighted by molar-refractivity contribution is -0.808. The summed E-state index contributed by atoms with van der Waals surface area (Å²) in [5.74, 6) is 0. The summed E-state index contributed by atoms with van der Waals surface area (Å²) >= 11 is 0. The lowest BCUT2D eigenvalue weighted by Gasteiger charge is -2.34. The van der Waals surface area contributed by atoms with Crippen molar-refractivity contribution >= 4 is 6.16 Å². The molecule has 6 heteroatoms. The van der Waals surface area contributed by atoms with Crippen LogP contribution in [0.15, 0.2) is 42.6 Å². The average Bonchev–Trinajstić information content (AvgIpc) is 2.51. The van der Waals surface area contributed by atoms with Crippen LogP contribution in [-0.4, -0.2) is 42.7 Å². The van der Waals surface area contributed by atoms with Gasteiger partial charge in [-0.1, -0.05) is 30.3 Å². The number of aliphatic hydroxyl groups is 1. The summed E-state index contributed by atoms with van der Waals surface area (Å²) in [5, 5.41) is 20.6. The Morgan fingerprint density at radius 1 is 1.27 bits per heavy atom. The Labute approximate surface area is 130 Å². The predicted octanol–water partition coefficient (Wildman–Crippen LogP) is 2.57. The number of aliphatic hydroxyl groups excluding tert-OH is 1. The lowest BCUT2D eigenvalue weighted by Crippen LogP contribution is -2.32. The first-order valence-corrected chi connectivity index (χ1v) is 7.22. The second-order valence-corrected chi connectivity index (χ2v) is 5.05. The van der Waals surface area contributed by atoms with E-state index in [0.29, 0.717) is 19.4 Å². The van der Waals surface area contributed by atoms with Gasteiger partial charge in [-0.2, -0.15) is 0 Å². The van der Waals surface area contributed by atoms with Gasteiger partial charge in [-0.3, -0.25) is 0 Å². The van der Waals surface area contributed by atoms with Crippen LogP contribution in [0.25, 0.3) is 0 Å². The van der Waals surface area contributed by atoms with Crippen molar-refractivity contribution < 1.29 is 24.0 Å². The third kappa shape index (κ3) is 8.41. The molecule has 0 amide bonds. The molecule has 1 atom stereocenters. The standard InChI is InChI=1S/C16H23NO5/c1-17(20,10-5-6-12-18)11-7-13-21-16(19)22-14-15-8-3-2-4-9-15/h2-4,7-9,11,18H,5-6,10,12-14H2,1H3/b11-7+. The molecule has 0 saturated carbocycles. The Balaban J connectivity index is 2.19. The average molecular weight is 309 g/mol. The van der Waals surface area contributed by atoms with Gasteiger partial charge in [0, 0.05) is 12.7 Å². The van der Waals surface area contributed by atoms with E-state index in [2.05, 4.69) is 0 Å². The maximum atomic E-state index is 11.9. The number of benzene rings is 1.